The van der Waals surface area contributed by atoms with Gasteiger partial charge in [-0.15, -0.1) is 0 Å². The molecular formula is C18H17N3O4. The van der Waals surface area contributed by atoms with E-state index in [1.165, 1.54) is 7.11 Å². The van der Waals surface area contributed by atoms with Gasteiger partial charge in [0.1, 0.15) is 12.4 Å². The minimum atomic E-state index is -0.486. The molecule has 2 aromatic rings. The van der Waals surface area contributed by atoms with E-state index in [2.05, 4.69) is 21.7 Å². The van der Waals surface area contributed by atoms with Crippen LogP contribution in [0.15, 0.2) is 48.5 Å². The molecule has 0 radical (unpaired) electrons. The molecule has 0 spiro atoms. The minimum absolute atomic E-state index is 0.141. The smallest absolute Gasteiger partial charge is 0.276 e. The lowest BCUT2D eigenvalue weighted by Gasteiger charge is -2.09. The predicted octanol–water partition coefficient (Wildman–Crippen LogP) is 1.40. The van der Waals surface area contributed by atoms with Gasteiger partial charge in [-0.05, 0) is 35.4 Å². The van der Waals surface area contributed by atoms with E-state index in [4.69, 9.17) is 10.00 Å². The van der Waals surface area contributed by atoms with Crippen molar-refractivity contribution in [2.45, 2.75) is 0 Å². The number of carbonyl (C=O) groups excluding carboxylic acids is 2. The maximum Gasteiger partial charge on any atom is 0.276 e. The quantitative estimate of drug-likeness (QED) is 0.775. The van der Waals surface area contributed by atoms with Crippen molar-refractivity contribution >= 4 is 11.8 Å². The molecule has 0 heterocycles. The third kappa shape index (κ3) is 5.64. The van der Waals surface area contributed by atoms with Crippen molar-refractivity contribution < 1.29 is 19.1 Å². The molecule has 0 bridgehead atoms. The molecule has 7 heteroatoms. The highest BCUT2D eigenvalue weighted by Crippen LogP contribution is 2.22. The van der Waals surface area contributed by atoms with Crippen LogP contribution in [0.5, 0.6) is 5.75 Å². The summed E-state index contributed by atoms with van der Waals surface area (Å²) in [6, 6.07) is 16.5. The predicted molar refractivity (Wildman–Crippen MR) is 90.2 cm³/mol. The van der Waals surface area contributed by atoms with Gasteiger partial charge in [-0.2, -0.15) is 5.26 Å². The Kier molecular flexibility index (Phi) is 6.51. The van der Waals surface area contributed by atoms with Crippen molar-refractivity contribution in [3.8, 4) is 22.9 Å². The summed E-state index contributed by atoms with van der Waals surface area (Å²) in [5.74, 6) is -0.418. The number of hydrogen-bond donors (Lipinski definition) is 2. The van der Waals surface area contributed by atoms with Crippen molar-refractivity contribution in [3.05, 3.63) is 54.1 Å². The Morgan fingerprint density at radius 3 is 1.96 bits per heavy atom. The van der Waals surface area contributed by atoms with Gasteiger partial charge < -0.3 is 9.47 Å². The molecule has 0 aliphatic heterocycles. The SMILES string of the molecule is COCC(=O)NNC(=O)COc1ccc(-c2ccc(C#N)cc2)cc1. The zero-order chi connectivity index (χ0) is 18.1. The fourth-order valence-corrected chi connectivity index (χ4v) is 1.97. The first-order valence-corrected chi connectivity index (χ1v) is 7.42. The van der Waals surface area contributed by atoms with Gasteiger partial charge in [0.05, 0.1) is 11.6 Å². The number of benzene rings is 2. The van der Waals surface area contributed by atoms with Crippen LogP contribution in [0.4, 0.5) is 0 Å². The summed E-state index contributed by atoms with van der Waals surface area (Å²) in [6.45, 7) is -0.374. The zero-order valence-electron chi connectivity index (χ0n) is 13.6. The highest BCUT2D eigenvalue weighted by atomic mass is 16.5. The number of nitrogens with one attached hydrogen (secondary N) is 2. The summed E-state index contributed by atoms with van der Waals surface area (Å²) in [6.07, 6.45) is 0. The van der Waals surface area contributed by atoms with Gasteiger partial charge in [0, 0.05) is 7.11 Å². The number of nitriles is 1. The van der Waals surface area contributed by atoms with Gasteiger partial charge in [0.2, 0.25) is 0 Å². The molecule has 0 aromatic heterocycles. The first-order chi connectivity index (χ1) is 12.1. The lowest BCUT2D eigenvalue weighted by molar-refractivity contribution is -0.131. The minimum Gasteiger partial charge on any atom is -0.484 e. The van der Waals surface area contributed by atoms with Crippen molar-refractivity contribution in [3.63, 3.8) is 0 Å². The van der Waals surface area contributed by atoms with E-state index in [-0.39, 0.29) is 13.2 Å². The topological polar surface area (TPSA) is 100 Å². The summed E-state index contributed by atoms with van der Waals surface area (Å²) >= 11 is 0. The molecule has 2 amide bonds. The Morgan fingerprint density at radius 1 is 0.920 bits per heavy atom. The number of hydrogen-bond acceptors (Lipinski definition) is 5. The first kappa shape index (κ1) is 18.0. The number of hydrazine groups is 1. The fourth-order valence-electron chi connectivity index (χ4n) is 1.97. The largest absolute Gasteiger partial charge is 0.484 e. The molecule has 0 aliphatic carbocycles. The maximum atomic E-state index is 11.6. The van der Waals surface area contributed by atoms with Gasteiger partial charge in [-0.3, -0.25) is 20.4 Å². The van der Waals surface area contributed by atoms with Crippen LogP contribution in [0.2, 0.25) is 0 Å². The van der Waals surface area contributed by atoms with Crippen molar-refractivity contribution in [2.75, 3.05) is 20.3 Å². The summed E-state index contributed by atoms with van der Waals surface area (Å²) in [4.78, 5) is 22.7. The van der Waals surface area contributed by atoms with Crippen molar-refractivity contribution in [1.29, 1.82) is 5.26 Å². The number of rotatable bonds is 6. The van der Waals surface area contributed by atoms with Crippen LogP contribution in [-0.2, 0) is 14.3 Å². The second-order valence-corrected chi connectivity index (χ2v) is 5.03. The first-order valence-electron chi connectivity index (χ1n) is 7.42. The van der Waals surface area contributed by atoms with Crippen LogP contribution in [0.3, 0.4) is 0 Å². The van der Waals surface area contributed by atoms with Crippen LogP contribution >= 0.6 is 0 Å². The Bertz CT molecular complexity index is 764. The fraction of sp³-hybridized carbons (Fsp3) is 0.167. The van der Waals surface area contributed by atoms with Crippen LogP contribution in [0.1, 0.15) is 5.56 Å². The Morgan fingerprint density at radius 2 is 1.44 bits per heavy atom. The summed E-state index contributed by atoms with van der Waals surface area (Å²) in [7, 11) is 1.38. The molecular weight excluding hydrogens is 322 g/mol. The molecule has 25 heavy (non-hydrogen) atoms. The van der Waals surface area contributed by atoms with E-state index in [9.17, 15) is 9.59 Å². The van der Waals surface area contributed by atoms with Gasteiger partial charge in [0.15, 0.2) is 6.61 Å². The van der Waals surface area contributed by atoms with E-state index < -0.39 is 11.8 Å². The maximum absolute atomic E-state index is 11.6. The molecule has 2 aromatic carbocycles. The second-order valence-electron chi connectivity index (χ2n) is 5.03. The van der Waals surface area contributed by atoms with Gasteiger partial charge in [0.25, 0.3) is 11.8 Å². The van der Waals surface area contributed by atoms with E-state index in [0.29, 0.717) is 11.3 Å². The monoisotopic (exact) mass is 339 g/mol. The standard InChI is InChI=1S/C18H17N3O4/c1-24-11-17(22)20-21-18(23)12-25-16-8-6-15(7-9-16)14-4-2-13(10-19)3-5-14/h2-9H,11-12H2,1H3,(H,20,22)(H,21,23). The molecule has 0 unspecified atom stereocenters. The van der Waals surface area contributed by atoms with Crippen LogP contribution in [-0.4, -0.2) is 32.1 Å². The average molecular weight is 339 g/mol. The average Bonchev–Trinajstić information content (AvgIpc) is 2.65. The normalized spacial score (nSPS) is 9.76. The van der Waals surface area contributed by atoms with Gasteiger partial charge in [-0.25, -0.2) is 0 Å². The number of methoxy groups -OCH3 is 1. The third-order valence-electron chi connectivity index (χ3n) is 3.19. The summed E-state index contributed by atoms with van der Waals surface area (Å²) in [5.41, 5.74) is 6.95. The number of nitrogens with zero attached hydrogens (tertiary/aromatic N) is 1. The number of ether oxygens (including phenoxy) is 2. The van der Waals surface area contributed by atoms with Crippen LogP contribution in [0.25, 0.3) is 11.1 Å². The lowest BCUT2D eigenvalue weighted by Crippen LogP contribution is -2.45. The zero-order valence-corrected chi connectivity index (χ0v) is 13.6. The second kappa shape index (κ2) is 9.05. The molecule has 0 saturated heterocycles. The summed E-state index contributed by atoms with van der Waals surface area (Å²) in [5, 5.41) is 8.81. The molecule has 7 nitrogen and oxygen atoms in total. The summed E-state index contributed by atoms with van der Waals surface area (Å²) < 4.78 is 9.97. The highest BCUT2D eigenvalue weighted by Gasteiger charge is 2.05. The molecule has 128 valence electrons. The van der Waals surface area contributed by atoms with Crippen LogP contribution < -0.4 is 15.6 Å². The van der Waals surface area contributed by atoms with E-state index in [0.717, 1.165) is 11.1 Å². The van der Waals surface area contributed by atoms with E-state index >= 15 is 0 Å². The lowest BCUT2D eigenvalue weighted by atomic mass is 10.0. The van der Waals surface area contributed by atoms with Gasteiger partial charge >= 0.3 is 0 Å². The molecule has 0 atom stereocenters. The molecule has 2 rings (SSSR count). The molecule has 0 fully saturated rings. The Balaban J connectivity index is 1.84. The molecule has 0 saturated carbocycles. The Labute approximate surface area is 145 Å². The Hall–Kier alpha value is -3.37. The van der Waals surface area contributed by atoms with E-state index in [1.807, 2.05) is 24.3 Å². The molecule has 0 aliphatic rings. The van der Waals surface area contributed by atoms with Crippen molar-refractivity contribution in [1.82, 2.24) is 10.9 Å². The van der Waals surface area contributed by atoms with Gasteiger partial charge in [-0.1, -0.05) is 24.3 Å². The van der Waals surface area contributed by atoms with Crippen LogP contribution in [0, 0.1) is 11.3 Å². The molecule has 2 N–H and O–H groups in total. The van der Waals surface area contributed by atoms with Crippen molar-refractivity contribution in [2.24, 2.45) is 0 Å². The number of carbonyl (C=O) groups is 2. The number of amides is 2. The third-order valence-corrected chi connectivity index (χ3v) is 3.19. The highest BCUT2D eigenvalue weighted by molar-refractivity contribution is 5.83. The van der Waals surface area contributed by atoms with E-state index in [1.54, 1.807) is 24.3 Å².